The number of nitrogens with two attached hydrogens (primary N) is 1. The molecule has 0 aliphatic heterocycles. The third-order valence-electron chi connectivity index (χ3n) is 2.67. The Morgan fingerprint density at radius 3 is 2.84 bits per heavy atom. The van der Waals surface area contributed by atoms with Gasteiger partial charge in [-0.2, -0.15) is 4.98 Å². The highest BCUT2D eigenvalue weighted by Crippen LogP contribution is 2.10. The number of rotatable bonds is 8. The number of unbranched alkanes of at least 4 members (excludes halogenated alkanes) is 1. The third kappa shape index (κ3) is 6.22. The summed E-state index contributed by atoms with van der Waals surface area (Å²) in [7, 11) is 0. The predicted octanol–water partition coefficient (Wildman–Crippen LogP) is 1.83. The highest BCUT2D eigenvalue weighted by molar-refractivity contribution is 5.77. The molecule has 1 rings (SSSR count). The van der Waals surface area contributed by atoms with Crippen molar-refractivity contribution in [2.45, 2.75) is 52.4 Å². The molecule has 0 aliphatic rings. The lowest BCUT2D eigenvalue weighted by atomic mass is 10.2. The Morgan fingerprint density at radius 2 is 2.21 bits per heavy atom. The van der Waals surface area contributed by atoms with Crippen molar-refractivity contribution >= 4 is 5.96 Å². The number of aliphatic imine (C=N–C) groups is 1. The Hall–Kier alpha value is -1.59. The van der Waals surface area contributed by atoms with Gasteiger partial charge in [0.25, 0.3) is 0 Å². The number of guanidine groups is 1. The average molecular weight is 267 g/mol. The van der Waals surface area contributed by atoms with E-state index in [0.29, 0.717) is 24.3 Å². The highest BCUT2D eigenvalue weighted by Gasteiger charge is 2.08. The first-order chi connectivity index (χ1) is 9.13. The molecule has 0 saturated carbocycles. The summed E-state index contributed by atoms with van der Waals surface area (Å²) >= 11 is 0. The first-order valence-corrected chi connectivity index (χ1v) is 6.99. The maximum Gasteiger partial charge on any atom is 0.226 e. The Balaban J connectivity index is 2.20. The van der Waals surface area contributed by atoms with Gasteiger partial charge in [-0.15, -0.1) is 0 Å². The zero-order valence-corrected chi connectivity index (χ0v) is 12.1. The molecule has 0 aromatic carbocycles. The van der Waals surface area contributed by atoms with Gasteiger partial charge in [-0.05, 0) is 12.8 Å². The van der Waals surface area contributed by atoms with Crippen molar-refractivity contribution in [1.82, 2.24) is 15.5 Å². The minimum absolute atomic E-state index is 0.300. The first-order valence-electron chi connectivity index (χ1n) is 6.99. The molecule has 6 nitrogen and oxygen atoms in total. The number of nitrogens with zero attached hydrogens (tertiary/aromatic N) is 3. The van der Waals surface area contributed by atoms with Crippen LogP contribution in [-0.4, -0.2) is 29.2 Å². The molecule has 19 heavy (non-hydrogen) atoms. The van der Waals surface area contributed by atoms with E-state index in [1.54, 1.807) is 0 Å². The summed E-state index contributed by atoms with van der Waals surface area (Å²) in [4.78, 5) is 8.56. The molecule has 3 N–H and O–H groups in total. The van der Waals surface area contributed by atoms with Gasteiger partial charge in [0, 0.05) is 25.4 Å². The lowest BCUT2D eigenvalue weighted by molar-refractivity contribution is 0.369. The molecule has 0 unspecified atom stereocenters. The highest BCUT2D eigenvalue weighted by atomic mass is 16.5. The fourth-order valence-corrected chi connectivity index (χ4v) is 1.48. The largest absolute Gasteiger partial charge is 0.370 e. The van der Waals surface area contributed by atoms with Gasteiger partial charge in [0.2, 0.25) is 5.89 Å². The molecule has 6 heteroatoms. The molecule has 0 amide bonds. The van der Waals surface area contributed by atoms with E-state index >= 15 is 0 Å². The molecule has 0 spiro atoms. The minimum atomic E-state index is 0.300. The number of hydrogen-bond acceptors (Lipinski definition) is 4. The fourth-order valence-electron chi connectivity index (χ4n) is 1.48. The van der Waals surface area contributed by atoms with Crippen molar-refractivity contribution in [2.24, 2.45) is 10.7 Å². The normalized spacial score (nSPS) is 12.1. The molecule has 1 heterocycles. The molecule has 1 aromatic rings. The molecule has 1 aromatic heterocycles. The van der Waals surface area contributed by atoms with Crippen molar-refractivity contribution in [3.05, 3.63) is 11.7 Å². The van der Waals surface area contributed by atoms with Crippen molar-refractivity contribution < 1.29 is 4.52 Å². The smallest absolute Gasteiger partial charge is 0.226 e. The van der Waals surface area contributed by atoms with E-state index in [9.17, 15) is 0 Å². The van der Waals surface area contributed by atoms with Crippen LogP contribution in [0, 0.1) is 0 Å². The van der Waals surface area contributed by atoms with E-state index in [2.05, 4.69) is 27.4 Å². The number of aromatic nitrogens is 2. The van der Waals surface area contributed by atoms with Gasteiger partial charge in [0.1, 0.15) is 0 Å². The van der Waals surface area contributed by atoms with Crippen LogP contribution in [0.1, 0.15) is 57.7 Å². The van der Waals surface area contributed by atoms with E-state index in [1.165, 1.54) is 0 Å². The SMILES string of the molecule is CCCCNC(N)=NCCCc1nc(C(C)C)no1. The maximum absolute atomic E-state index is 5.73. The molecule has 0 radical (unpaired) electrons. The summed E-state index contributed by atoms with van der Waals surface area (Å²) in [5.74, 6) is 2.26. The Morgan fingerprint density at radius 1 is 1.42 bits per heavy atom. The van der Waals surface area contributed by atoms with Crippen molar-refractivity contribution in [2.75, 3.05) is 13.1 Å². The van der Waals surface area contributed by atoms with Gasteiger partial charge in [0.05, 0.1) is 0 Å². The summed E-state index contributed by atoms with van der Waals surface area (Å²) in [6.45, 7) is 7.78. The second-order valence-corrected chi connectivity index (χ2v) is 4.85. The zero-order valence-electron chi connectivity index (χ0n) is 12.1. The number of hydrogen-bond donors (Lipinski definition) is 2. The van der Waals surface area contributed by atoms with Crippen LogP contribution in [0.5, 0.6) is 0 Å². The van der Waals surface area contributed by atoms with Crippen LogP contribution < -0.4 is 11.1 Å². The quantitative estimate of drug-likeness (QED) is 0.426. The minimum Gasteiger partial charge on any atom is -0.370 e. The van der Waals surface area contributed by atoms with E-state index in [4.69, 9.17) is 10.3 Å². The average Bonchev–Trinajstić information content (AvgIpc) is 2.84. The lowest BCUT2D eigenvalue weighted by Crippen LogP contribution is -2.32. The van der Waals surface area contributed by atoms with Crippen molar-refractivity contribution in [1.29, 1.82) is 0 Å². The zero-order chi connectivity index (χ0) is 14.1. The topological polar surface area (TPSA) is 89.3 Å². The van der Waals surface area contributed by atoms with Crippen LogP contribution >= 0.6 is 0 Å². The second kappa shape index (κ2) is 8.50. The second-order valence-electron chi connectivity index (χ2n) is 4.85. The van der Waals surface area contributed by atoms with E-state index in [0.717, 1.165) is 38.1 Å². The van der Waals surface area contributed by atoms with Crippen LogP contribution in [0.15, 0.2) is 9.52 Å². The summed E-state index contributed by atoms with van der Waals surface area (Å²) in [6.07, 6.45) is 3.85. The van der Waals surface area contributed by atoms with E-state index < -0.39 is 0 Å². The van der Waals surface area contributed by atoms with Crippen LogP contribution in [0.3, 0.4) is 0 Å². The monoisotopic (exact) mass is 267 g/mol. The summed E-state index contributed by atoms with van der Waals surface area (Å²) < 4.78 is 5.16. The molecule has 0 bridgehead atoms. The van der Waals surface area contributed by atoms with E-state index in [-0.39, 0.29) is 0 Å². The molecular formula is C13H25N5O. The Bertz CT molecular complexity index is 386. The van der Waals surface area contributed by atoms with Gasteiger partial charge in [-0.3, -0.25) is 4.99 Å². The maximum atomic E-state index is 5.73. The Kier molecular flexibility index (Phi) is 6.92. The summed E-state index contributed by atoms with van der Waals surface area (Å²) in [5, 5.41) is 7.00. The third-order valence-corrected chi connectivity index (χ3v) is 2.67. The van der Waals surface area contributed by atoms with Gasteiger partial charge in [0.15, 0.2) is 11.8 Å². The van der Waals surface area contributed by atoms with Crippen molar-refractivity contribution in [3.8, 4) is 0 Å². The Labute approximate surface area is 114 Å². The lowest BCUT2D eigenvalue weighted by Gasteiger charge is -2.03. The van der Waals surface area contributed by atoms with Crippen LogP contribution in [0.2, 0.25) is 0 Å². The van der Waals surface area contributed by atoms with Gasteiger partial charge in [-0.25, -0.2) is 0 Å². The molecule has 108 valence electrons. The predicted molar refractivity (Wildman–Crippen MR) is 76.1 cm³/mol. The van der Waals surface area contributed by atoms with Gasteiger partial charge >= 0.3 is 0 Å². The van der Waals surface area contributed by atoms with Gasteiger partial charge < -0.3 is 15.6 Å². The fraction of sp³-hybridized carbons (Fsp3) is 0.769. The van der Waals surface area contributed by atoms with Crippen LogP contribution in [0.4, 0.5) is 0 Å². The molecule has 0 aliphatic carbocycles. The van der Waals surface area contributed by atoms with Crippen LogP contribution in [0.25, 0.3) is 0 Å². The standard InChI is InChI=1S/C13H25N5O/c1-4-5-8-15-13(14)16-9-6-7-11-17-12(10(2)3)18-19-11/h10H,4-9H2,1-3H3,(H3,14,15,16). The van der Waals surface area contributed by atoms with Crippen molar-refractivity contribution in [3.63, 3.8) is 0 Å². The summed E-state index contributed by atoms with van der Waals surface area (Å²) in [6, 6.07) is 0. The number of aryl methyl sites for hydroxylation is 1. The molecule has 0 saturated heterocycles. The molecule has 0 atom stereocenters. The molecular weight excluding hydrogens is 242 g/mol. The molecule has 0 fully saturated rings. The van der Waals surface area contributed by atoms with E-state index in [1.807, 2.05) is 13.8 Å². The van der Waals surface area contributed by atoms with Crippen LogP contribution in [-0.2, 0) is 6.42 Å². The van der Waals surface area contributed by atoms with Gasteiger partial charge in [-0.1, -0.05) is 32.3 Å². The summed E-state index contributed by atoms with van der Waals surface area (Å²) in [5.41, 5.74) is 5.73. The first kappa shape index (κ1) is 15.5. The number of nitrogens with one attached hydrogen (secondary N) is 1.